The summed E-state index contributed by atoms with van der Waals surface area (Å²) in [5.41, 5.74) is 5.58. The Labute approximate surface area is 199 Å². The average Bonchev–Trinajstić information content (AvgIpc) is 2.68. The summed E-state index contributed by atoms with van der Waals surface area (Å²) in [4.78, 5) is 60.3. The summed E-state index contributed by atoms with van der Waals surface area (Å²) in [6.45, 7) is 7.38. The van der Waals surface area contributed by atoms with Crippen LogP contribution >= 0.6 is 11.8 Å². The molecule has 0 aliphatic rings. The SMILES string of the molecule is CSCCC(NC(=O)C(N)CC(=O)O)C(=O)NC(CC(C)C)C(=O)NC(CC(C)C)C(=O)O. The quantitative estimate of drug-likeness (QED) is 0.175. The third kappa shape index (κ3) is 13.1. The lowest BCUT2D eigenvalue weighted by atomic mass is 10.00. The highest BCUT2D eigenvalue weighted by Gasteiger charge is 2.31. The summed E-state index contributed by atoms with van der Waals surface area (Å²) in [6, 6.07) is -4.45. The van der Waals surface area contributed by atoms with Crippen LogP contribution in [0.15, 0.2) is 0 Å². The zero-order valence-electron chi connectivity index (χ0n) is 19.9. The van der Waals surface area contributed by atoms with Gasteiger partial charge in [0.05, 0.1) is 12.5 Å². The van der Waals surface area contributed by atoms with Crippen molar-refractivity contribution in [2.45, 2.75) is 77.5 Å². The number of thioether (sulfide) groups is 1. The Bertz CT molecular complexity index is 688. The van der Waals surface area contributed by atoms with E-state index in [9.17, 15) is 29.1 Å². The van der Waals surface area contributed by atoms with Crippen LogP contribution in [0.25, 0.3) is 0 Å². The molecule has 4 unspecified atom stereocenters. The standard InChI is InChI=1S/C21H38N4O7S/c1-11(2)8-15(20(30)25-16(21(31)32)9-12(3)4)24-19(29)14(6-7-33-5)23-18(28)13(22)10-17(26)27/h11-16H,6-10,22H2,1-5H3,(H,23,28)(H,24,29)(H,25,30)(H,26,27)(H,31,32). The molecule has 0 saturated carbocycles. The Hall–Kier alpha value is -2.34. The minimum absolute atomic E-state index is 0.0117. The minimum Gasteiger partial charge on any atom is -0.481 e. The third-order valence-corrected chi connectivity index (χ3v) is 5.28. The first-order valence-electron chi connectivity index (χ1n) is 10.9. The van der Waals surface area contributed by atoms with E-state index in [1.807, 2.05) is 34.0 Å². The maximum Gasteiger partial charge on any atom is 0.326 e. The number of rotatable bonds is 16. The van der Waals surface area contributed by atoms with Gasteiger partial charge in [-0.1, -0.05) is 27.7 Å². The van der Waals surface area contributed by atoms with Gasteiger partial charge in [0.15, 0.2) is 0 Å². The number of carboxylic acid groups (broad SMARTS) is 2. The Morgan fingerprint density at radius 3 is 1.70 bits per heavy atom. The molecule has 0 saturated heterocycles. The number of amides is 3. The number of carboxylic acids is 2. The fourth-order valence-electron chi connectivity index (χ4n) is 3.00. The van der Waals surface area contributed by atoms with E-state index >= 15 is 0 Å². The van der Waals surface area contributed by atoms with Gasteiger partial charge in [0.2, 0.25) is 17.7 Å². The molecule has 33 heavy (non-hydrogen) atoms. The van der Waals surface area contributed by atoms with Crippen LogP contribution in [0.4, 0.5) is 0 Å². The van der Waals surface area contributed by atoms with Gasteiger partial charge in [0.1, 0.15) is 18.1 Å². The highest BCUT2D eigenvalue weighted by molar-refractivity contribution is 7.98. The van der Waals surface area contributed by atoms with E-state index in [-0.39, 0.29) is 31.1 Å². The van der Waals surface area contributed by atoms with E-state index in [1.54, 1.807) is 0 Å². The van der Waals surface area contributed by atoms with Crippen molar-refractivity contribution in [3.05, 3.63) is 0 Å². The van der Waals surface area contributed by atoms with Crippen LogP contribution in [0.5, 0.6) is 0 Å². The predicted octanol–water partition coefficient (Wildman–Crippen LogP) is 0.173. The van der Waals surface area contributed by atoms with Crippen molar-refractivity contribution in [1.82, 2.24) is 16.0 Å². The first-order valence-corrected chi connectivity index (χ1v) is 12.3. The topological polar surface area (TPSA) is 188 Å². The van der Waals surface area contributed by atoms with Crippen molar-refractivity contribution < 1.29 is 34.2 Å². The molecule has 0 fully saturated rings. The Balaban J connectivity index is 5.47. The summed E-state index contributed by atoms with van der Waals surface area (Å²) in [5.74, 6) is -3.88. The predicted molar refractivity (Wildman–Crippen MR) is 126 cm³/mol. The molecular formula is C21H38N4O7S. The Morgan fingerprint density at radius 1 is 0.788 bits per heavy atom. The van der Waals surface area contributed by atoms with Crippen LogP contribution in [0.3, 0.4) is 0 Å². The van der Waals surface area contributed by atoms with Gasteiger partial charge >= 0.3 is 11.9 Å². The monoisotopic (exact) mass is 490 g/mol. The van der Waals surface area contributed by atoms with E-state index in [2.05, 4.69) is 16.0 Å². The number of nitrogens with two attached hydrogens (primary N) is 1. The van der Waals surface area contributed by atoms with Crippen molar-refractivity contribution in [2.24, 2.45) is 17.6 Å². The molecule has 0 rings (SSSR count). The number of hydrogen-bond acceptors (Lipinski definition) is 7. The fraction of sp³-hybridized carbons (Fsp3) is 0.762. The maximum absolute atomic E-state index is 12.9. The first-order chi connectivity index (χ1) is 15.3. The molecule has 0 aromatic rings. The lowest BCUT2D eigenvalue weighted by Crippen LogP contribution is -2.57. The van der Waals surface area contributed by atoms with Gasteiger partial charge in [-0.05, 0) is 43.1 Å². The summed E-state index contributed by atoms with van der Waals surface area (Å²) < 4.78 is 0. The smallest absolute Gasteiger partial charge is 0.326 e. The first kappa shape index (κ1) is 30.7. The number of hydrogen-bond donors (Lipinski definition) is 6. The van der Waals surface area contributed by atoms with Crippen LogP contribution in [-0.4, -0.2) is 76.0 Å². The Morgan fingerprint density at radius 2 is 1.24 bits per heavy atom. The summed E-state index contributed by atoms with van der Waals surface area (Å²) in [6.07, 6.45) is 1.96. The molecular weight excluding hydrogens is 452 g/mol. The van der Waals surface area contributed by atoms with Crippen molar-refractivity contribution in [3.8, 4) is 0 Å². The number of carbonyl (C=O) groups is 5. The highest BCUT2D eigenvalue weighted by Crippen LogP contribution is 2.10. The van der Waals surface area contributed by atoms with Crippen molar-refractivity contribution in [2.75, 3.05) is 12.0 Å². The largest absolute Gasteiger partial charge is 0.481 e. The molecule has 0 bridgehead atoms. The van der Waals surface area contributed by atoms with Crippen LogP contribution in [0.1, 0.15) is 53.4 Å². The van der Waals surface area contributed by atoms with Gasteiger partial charge in [0.25, 0.3) is 0 Å². The maximum atomic E-state index is 12.9. The van der Waals surface area contributed by atoms with Gasteiger partial charge in [0, 0.05) is 0 Å². The molecule has 0 aromatic carbocycles. The van der Waals surface area contributed by atoms with Gasteiger partial charge in [-0.3, -0.25) is 19.2 Å². The minimum atomic E-state index is -1.32. The van der Waals surface area contributed by atoms with Crippen molar-refractivity contribution >= 4 is 41.4 Å². The van der Waals surface area contributed by atoms with E-state index in [1.165, 1.54) is 11.8 Å². The van der Waals surface area contributed by atoms with Gasteiger partial charge in [-0.15, -0.1) is 0 Å². The second-order valence-corrected chi connectivity index (χ2v) is 9.75. The fourth-order valence-corrected chi connectivity index (χ4v) is 3.48. The van der Waals surface area contributed by atoms with Crippen LogP contribution in [0.2, 0.25) is 0 Å². The van der Waals surface area contributed by atoms with E-state index < -0.39 is 60.2 Å². The second-order valence-electron chi connectivity index (χ2n) is 8.77. The molecule has 0 aliphatic carbocycles. The molecule has 0 heterocycles. The lowest BCUT2D eigenvalue weighted by molar-refractivity contribution is -0.143. The molecule has 0 aliphatic heterocycles. The molecule has 7 N–H and O–H groups in total. The molecule has 3 amide bonds. The molecule has 0 spiro atoms. The third-order valence-electron chi connectivity index (χ3n) is 4.64. The number of carbonyl (C=O) groups excluding carboxylic acids is 3. The van der Waals surface area contributed by atoms with Gasteiger partial charge < -0.3 is 31.9 Å². The molecule has 12 heteroatoms. The Kier molecular flexibility index (Phi) is 14.4. The number of aliphatic carboxylic acids is 2. The lowest BCUT2D eigenvalue weighted by Gasteiger charge is -2.26. The normalized spacial score (nSPS) is 14.8. The van der Waals surface area contributed by atoms with Crippen LogP contribution in [-0.2, 0) is 24.0 Å². The molecule has 11 nitrogen and oxygen atoms in total. The molecule has 0 aromatic heterocycles. The van der Waals surface area contributed by atoms with E-state index in [0.29, 0.717) is 5.75 Å². The van der Waals surface area contributed by atoms with Crippen LogP contribution in [0, 0.1) is 11.8 Å². The zero-order valence-corrected chi connectivity index (χ0v) is 20.7. The average molecular weight is 491 g/mol. The van der Waals surface area contributed by atoms with E-state index in [0.717, 1.165) is 0 Å². The summed E-state index contributed by atoms with van der Waals surface area (Å²) >= 11 is 1.45. The molecule has 190 valence electrons. The highest BCUT2D eigenvalue weighted by atomic mass is 32.2. The van der Waals surface area contributed by atoms with E-state index in [4.69, 9.17) is 10.8 Å². The molecule has 0 radical (unpaired) electrons. The second kappa shape index (κ2) is 15.5. The van der Waals surface area contributed by atoms with Crippen molar-refractivity contribution in [3.63, 3.8) is 0 Å². The summed E-state index contributed by atoms with van der Waals surface area (Å²) in [5, 5.41) is 25.8. The van der Waals surface area contributed by atoms with Gasteiger partial charge in [-0.25, -0.2) is 4.79 Å². The van der Waals surface area contributed by atoms with Crippen LogP contribution < -0.4 is 21.7 Å². The van der Waals surface area contributed by atoms with Gasteiger partial charge in [-0.2, -0.15) is 11.8 Å². The van der Waals surface area contributed by atoms with Crippen molar-refractivity contribution in [1.29, 1.82) is 0 Å². The summed E-state index contributed by atoms with van der Waals surface area (Å²) in [7, 11) is 0. The zero-order chi connectivity index (χ0) is 25.7. The number of nitrogens with one attached hydrogen (secondary N) is 3. The molecule has 4 atom stereocenters.